The molecule has 5 atom stereocenters. The Balaban J connectivity index is 1.69. The number of esters is 4. The van der Waals surface area contributed by atoms with Gasteiger partial charge in [0.2, 0.25) is 12.4 Å². The van der Waals surface area contributed by atoms with Crippen LogP contribution in [0, 0.1) is 0 Å². The zero-order valence-electron chi connectivity index (χ0n) is 23.1. The molecule has 1 aromatic heterocycles. The summed E-state index contributed by atoms with van der Waals surface area (Å²) in [5.74, 6) is -3.42. The number of aromatic hydroxyl groups is 1. The molecule has 1 saturated heterocycles. The fourth-order valence-electron chi connectivity index (χ4n) is 4.43. The number of ether oxygens (including phenoxy) is 6. The van der Waals surface area contributed by atoms with Crippen molar-refractivity contribution in [3.63, 3.8) is 0 Å². The molecule has 0 bridgehead atoms. The van der Waals surface area contributed by atoms with Crippen LogP contribution in [0.3, 0.4) is 0 Å². The third-order valence-corrected chi connectivity index (χ3v) is 6.07. The summed E-state index contributed by atoms with van der Waals surface area (Å²) in [6.07, 6.45) is -7.06. The molecule has 1 aliphatic heterocycles. The zero-order valence-corrected chi connectivity index (χ0v) is 23.1. The number of carbonyl (C=O) groups excluding carboxylic acids is 4. The van der Waals surface area contributed by atoms with E-state index in [1.54, 1.807) is 24.3 Å². The molecular formula is C29H28O13. The highest BCUT2D eigenvalue weighted by molar-refractivity contribution is 5.78. The largest absolute Gasteiger partial charge is 0.504 e. The van der Waals surface area contributed by atoms with Crippen molar-refractivity contribution in [1.29, 1.82) is 0 Å². The monoisotopic (exact) mass is 584 g/mol. The summed E-state index contributed by atoms with van der Waals surface area (Å²) < 4.78 is 38.7. The normalized spacial score (nSPS) is 21.7. The molecule has 0 spiro atoms. The Hall–Kier alpha value is -4.91. The van der Waals surface area contributed by atoms with Crippen molar-refractivity contribution in [3.05, 3.63) is 58.8 Å². The molecule has 0 amide bonds. The van der Waals surface area contributed by atoms with E-state index >= 15 is 0 Å². The molecule has 0 aliphatic carbocycles. The summed E-state index contributed by atoms with van der Waals surface area (Å²) in [7, 11) is 0. The number of carbonyl (C=O) groups is 4. The Morgan fingerprint density at radius 3 is 2.10 bits per heavy atom. The van der Waals surface area contributed by atoms with Crippen LogP contribution in [0.2, 0.25) is 0 Å². The SMILES string of the molecule is CC(=O)OCC1O[C@@H](Oc2ccc(-c3cc(=O)c4ccccc4o3)cc2O)[C@@H](OC(C)=O)C(OC(C)=O)[C@@H]1OC(C)=O. The van der Waals surface area contributed by atoms with Crippen LogP contribution in [-0.2, 0) is 42.9 Å². The first kappa shape index (κ1) is 30.1. The van der Waals surface area contributed by atoms with Crippen LogP contribution in [0.5, 0.6) is 11.5 Å². The van der Waals surface area contributed by atoms with Gasteiger partial charge in [0.25, 0.3) is 0 Å². The van der Waals surface area contributed by atoms with E-state index in [9.17, 15) is 29.1 Å². The van der Waals surface area contributed by atoms with Crippen LogP contribution in [0.4, 0.5) is 0 Å². The minimum absolute atomic E-state index is 0.150. The van der Waals surface area contributed by atoms with E-state index in [2.05, 4.69) is 0 Å². The quantitative estimate of drug-likeness (QED) is 0.302. The number of fused-ring (bicyclic) bond motifs is 1. The highest BCUT2D eigenvalue weighted by Crippen LogP contribution is 2.36. The molecule has 2 heterocycles. The number of hydrogen-bond donors (Lipinski definition) is 1. The molecule has 0 radical (unpaired) electrons. The van der Waals surface area contributed by atoms with Gasteiger partial charge < -0.3 is 37.9 Å². The predicted octanol–water partition coefficient (Wildman–Crippen LogP) is 2.63. The number of hydrogen-bond acceptors (Lipinski definition) is 13. The van der Waals surface area contributed by atoms with Crippen molar-refractivity contribution >= 4 is 34.8 Å². The first-order valence-electron chi connectivity index (χ1n) is 12.8. The molecule has 42 heavy (non-hydrogen) atoms. The first-order chi connectivity index (χ1) is 19.9. The van der Waals surface area contributed by atoms with E-state index < -0.39 is 66.9 Å². The molecular weight excluding hydrogens is 556 g/mol. The van der Waals surface area contributed by atoms with Gasteiger partial charge >= 0.3 is 23.9 Å². The lowest BCUT2D eigenvalue weighted by atomic mass is 9.98. The maximum Gasteiger partial charge on any atom is 0.303 e. The molecule has 3 aromatic rings. The van der Waals surface area contributed by atoms with Crippen molar-refractivity contribution in [2.45, 2.75) is 58.4 Å². The average molecular weight is 585 g/mol. The number of phenols is 1. The van der Waals surface area contributed by atoms with E-state index in [1.807, 2.05) is 0 Å². The zero-order chi connectivity index (χ0) is 30.6. The topological polar surface area (TPSA) is 174 Å². The fourth-order valence-corrected chi connectivity index (χ4v) is 4.43. The first-order valence-corrected chi connectivity index (χ1v) is 12.8. The van der Waals surface area contributed by atoms with E-state index in [1.165, 1.54) is 24.3 Å². The van der Waals surface area contributed by atoms with Crippen molar-refractivity contribution in [2.24, 2.45) is 0 Å². The molecule has 13 nitrogen and oxygen atoms in total. The third kappa shape index (κ3) is 7.04. The van der Waals surface area contributed by atoms with Crippen LogP contribution in [0.1, 0.15) is 27.7 Å². The van der Waals surface area contributed by atoms with E-state index in [0.717, 1.165) is 27.7 Å². The molecule has 0 saturated carbocycles. The van der Waals surface area contributed by atoms with Crippen LogP contribution in [0.25, 0.3) is 22.3 Å². The van der Waals surface area contributed by atoms with Crippen LogP contribution in [0.15, 0.2) is 57.7 Å². The molecule has 2 aromatic carbocycles. The van der Waals surface area contributed by atoms with Gasteiger partial charge in [-0.1, -0.05) is 12.1 Å². The van der Waals surface area contributed by atoms with E-state index in [4.69, 9.17) is 32.8 Å². The minimum atomic E-state index is -1.54. The standard InChI is InChI=1S/C29H28O13/c1-14(30)36-13-25-26(37-15(2)31)27(38-16(3)32)28(39-17(4)33)29(42-25)41-23-10-9-18(11-21(23)35)24-12-20(34)19-7-5-6-8-22(19)40-24/h5-12,25-29,35H,13H2,1-4H3/t25?,26-,27?,28+,29-/m1/s1. The van der Waals surface area contributed by atoms with Crippen LogP contribution in [-0.4, -0.2) is 66.3 Å². The number of phenolic OH excluding ortho intramolecular Hbond substituents is 1. The van der Waals surface area contributed by atoms with Gasteiger partial charge in [0.15, 0.2) is 29.1 Å². The fraction of sp³-hybridized carbons (Fsp3) is 0.345. The lowest BCUT2D eigenvalue weighted by Crippen LogP contribution is -2.63. The molecule has 4 rings (SSSR count). The highest BCUT2D eigenvalue weighted by Gasteiger charge is 2.53. The smallest absolute Gasteiger partial charge is 0.303 e. The van der Waals surface area contributed by atoms with Gasteiger partial charge in [0.05, 0.1) is 5.39 Å². The third-order valence-electron chi connectivity index (χ3n) is 6.07. The Morgan fingerprint density at radius 1 is 0.810 bits per heavy atom. The Morgan fingerprint density at radius 2 is 1.45 bits per heavy atom. The summed E-state index contributed by atoms with van der Waals surface area (Å²) in [6, 6.07) is 12.1. The second-order valence-corrected chi connectivity index (χ2v) is 9.34. The van der Waals surface area contributed by atoms with Crippen molar-refractivity contribution in [1.82, 2.24) is 0 Å². The summed E-state index contributed by atoms with van der Waals surface area (Å²) >= 11 is 0. The number of rotatable bonds is 8. The van der Waals surface area contributed by atoms with Gasteiger partial charge in [-0.25, -0.2) is 0 Å². The van der Waals surface area contributed by atoms with E-state index in [-0.39, 0.29) is 16.9 Å². The lowest BCUT2D eigenvalue weighted by molar-refractivity contribution is -0.288. The summed E-state index contributed by atoms with van der Waals surface area (Å²) in [6.45, 7) is 4.01. The van der Waals surface area contributed by atoms with Gasteiger partial charge in [-0.05, 0) is 30.3 Å². The molecule has 1 aliphatic rings. The van der Waals surface area contributed by atoms with E-state index in [0.29, 0.717) is 16.5 Å². The summed E-state index contributed by atoms with van der Waals surface area (Å²) in [5, 5.41) is 11.2. The Kier molecular flexibility index (Phi) is 9.11. The molecule has 1 fully saturated rings. The number of benzene rings is 2. The van der Waals surface area contributed by atoms with Crippen molar-refractivity contribution in [3.8, 4) is 22.8 Å². The molecule has 13 heteroatoms. The van der Waals surface area contributed by atoms with Gasteiger partial charge in [0.1, 0.15) is 24.1 Å². The van der Waals surface area contributed by atoms with Crippen molar-refractivity contribution < 1.29 is 57.1 Å². The second-order valence-electron chi connectivity index (χ2n) is 9.34. The summed E-state index contributed by atoms with van der Waals surface area (Å²) in [4.78, 5) is 60.0. The average Bonchev–Trinajstić information content (AvgIpc) is 2.91. The van der Waals surface area contributed by atoms with Crippen molar-refractivity contribution in [2.75, 3.05) is 6.61 Å². The minimum Gasteiger partial charge on any atom is -0.504 e. The predicted molar refractivity (Wildman–Crippen MR) is 142 cm³/mol. The van der Waals surface area contributed by atoms with Crippen LogP contribution >= 0.6 is 0 Å². The Labute approximate surface area is 238 Å². The van der Waals surface area contributed by atoms with Crippen LogP contribution < -0.4 is 10.2 Å². The summed E-state index contributed by atoms with van der Waals surface area (Å²) in [5.41, 5.74) is 0.436. The molecule has 2 unspecified atom stereocenters. The van der Waals surface area contributed by atoms with Gasteiger partial charge in [-0.2, -0.15) is 0 Å². The maximum absolute atomic E-state index is 12.5. The van der Waals surface area contributed by atoms with Gasteiger partial charge in [0, 0.05) is 39.3 Å². The molecule has 1 N–H and O–H groups in total. The van der Waals surface area contributed by atoms with Gasteiger partial charge in [-0.3, -0.25) is 24.0 Å². The highest BCUT2D eigenvalue weighted by atomic mass is 16.7. The number of para-hydroxylation sites is 1. The Bertz CT molecular complexity index is 1560. The molecule has 222 valence electrons. The van der Waals surface area contributed by atoms with Gasteiger partial charge in [-0.15, -0.1) is 0 Å². The maximum atomic E-state index is 12.5. The second kappa shape index (κ2) is 12.7. The lowest BCUT2D eigenvalue weighted by Gasteiger charge is -2.43.